The number of aromatic nitrogens is 1. The zero-order chi connectivity index (χ0) is 23.9. The molecule has 0 aliphatic rings. The van der Waals surface area contributed by atoms with Gasteiger partial charge in [0.25, 0.3) is 11.1 Å². The molecule has 1 heterocycles. The smallest absolute Gasteiger partial charge is 0.273 e. The van der Waals surface area contributed by atoms with Crippen LogP contribution < -0.4 is 25.8 Å². The van der Waals surface area contributed by atoms with Gasteiger partial charge in [-0.2, -0.15) is 0 Å². The number of rotatable bonds is 17. The number of unbranched alkanes of at least 4 members (excludes halogenated alkanes) is 4. The molecule has 0 bridgehead atoms. The van der Waals surface area contributed by atoms with Gasteiger partial charge < -0.3 is 30.9 Å². The number of aliphatic hydroxyl groups excluding tert-OH is 1. The predicted octanol–water partition coefficient (Wildman–Crippen LogP) is 2.35. The van der Waals surface area contributed by atoms with Crippen LogP contribution in [0.4, 0.5) is 0 Å². The molecule has 0 radical (unpaired) electrons. The quantitative estimate of drug-likeness (QED) is 0.256. The number of carbonyl (C=O) groups is 2. The van der Waals surface area contributed by atoms with Gasteiger partial charge in [-0.3, -0.25) is 9.59 Å². The molecular weight excluding hydrogens is 444 g/mol. The van der Waals surface area contributed by atoms with E-state index in [4.69, 9.17) is 15.2 Å². The Kier molecular flexibility index (Phi) is 12.2. The van der Waals surface area contributed by atoms with Crippen molar-refractivity contribution in [1.82, 2.24) is 15.6 Å². The fourth-order valence-electron chi connectivity index (χ4n) is 2.90. The van der Waals surface area contributed by atoms with Crippen molar-refractivity contribution in [2.75, 3.05) is 32.8 Å². The molecule has 10 heteroatoms. The molecule has 1 aromatic carbocycles. The molecule has 2 rings (SSSR count). The SMILES string of the molecule is CCCCCCCNC(=O)c1cnc(OCC(O)CNCCOc2ccc(C(N)=O)cc2)s1. The Hall–Kier alpha value is -2.69. The van der Waals surface area contributed by atoms with E-state index in [1.54, 1.807) is 24.3 Å². The fraction of sp³-hybridized carbons (Fsp3) is 0.522. The van der Waals surface area contributed by atoms with E-state index in [9.17, 15) is 14.7 Å². The molecule has 0 saturated carbocycles. The Morgan fingerprint density at radius 3 is 2.61 bits per heavy atom. The summed E-state index contributed by atoms with van der Waals surface area (Å²) >= 11 is 1.16. The Balaban J connectivity index is 1.55. The predicted molar refractivity (Wildman–Crippen MR) is 128 cm³/mol. The molecule has 33 heavy (non-hydrogen) atoms. The van der Waals surface area contributed by atoms with Crippen LogP contribution in [0.2, 0.25) is 0 Å². The number of nitrogens with zero attached hydrogens (tertiary/aromatic N) is 1. The van der Waals surface area contributed by atoms with E-state index in [0.717, 1.165) is 24.2 Å². The second-order valence-electron chi connectivity index (χ2n) is 7.57. The highest BCUT2D eigenvalue weighted by Crippen LogP contribution is 2.20. The first kappa shape index (κ1) is 26.6. The molecular formula is C23H34N4O5S. The number of aliphatic hydroxyl groups is 1. The molecule has 1 unspecified atom stereocenters. The summed E-state index contributed by atoms with van der Waals surface area (Å²) in [5, 5.41) is 16.4. The van der Waals surface area contributed by atoms with Crippen LogP contribution in [-0.4, -0.2) is 60.9 Å². The van der Waals surface area contributed by atoms with Gasteiger partial charge in [0.2, 0.25) is 5.91 Å². The molecule has 0 aliphatic heterocycles. The first-order chi connectivity index (χ1) is 16.0. The lowest BCUT2D eigenvalue weighted by Gasteiger charge is -2.12. The van der Waals surface area contributed by atoms with Gasteiger partial charge in [-0.25, -0.2) is 4.98 Å². The van der Waals surface area contributed by atoms with Crippen molar-refractivity contribution in [3.63, 3.8) is 0 Å². The van der Waals surface area contributed by atoms with E-state index in [-0.39, 0.29) is 12.5 Å². The summed E-state index contributed by atoms with van der Waals surface area (Å²) < 4.78 is 11.0. The molecule has 9 nitrogen and oxygen atoms in total. The van der Waals surface area contributed by atoms with Crippen molar-refractivity contribution >= 4 is 23.2 Å². The topological polar surface area (TPSA) is 136 Å². The minimum Gasteiger partial charge on any atom is -0.492 e. The Morgan fingerprint density at radius 1 is 1.12 bits per heavy atom. The molecule has 1 aromatic heterocycles. The Labute approximate surface area is 198 Å². The van der Waals surface area contributed by atoms with Gasteiger partial charge in [0.1, 0.15) is 29.9 Å². The van der Waals surface area contributed by atoms with Gasteiger partial charge in [-0.05, 0) is 30.7 Å². The average molecular weight is 479 g/mol. The van der Waals surface area contributed by atoms with E-state index in [1.807, 2.05) is 0 Å². The first-order valence-electron chi connectivity index (χ1n) is 11.3. The average Bonchev–Trinajstić information content (AvgIpc) is 3.29. The van der Waals surface area contributed by atoms with Crippen molar-refractivity contribution in [2.24, 2.45) is 5.73 Å². The minimum absolute atomic E-state index is 0.0639. The first-order valence-corrected chi connectivity index (χ1v) is 12.1. The zero-order valence-corrected chi connectivity index (χ0v) is 19.9. The van der Waals surface area contributed by atoms with E-state index in [1.165, 1.54) is 25.5 Å². The summed E-state index contributed by atoms with van der Waals surface area (Å²) in [5.41, 5.74) is 5.62. The van der Waals surface area contributed by atoms with Gasteiger partial charge in [0.05, 0.1) is 6.20 Å². The number of benzene rings is 1. The maximum absolute atomic E-state index is 12.1. The highest BCUT2D eigenvalue weighted by molar-refractivity contribution is 7.15. The van der Waals surface area contributed by atoms with Crippen LogP contribution in [0.25, 0.3) is 0 Å². The van der Waals surface area contributed by atoms with E-state index >= 15 is 0 Å². The van der Waals surface area contributed by atoms with E-state index < -0.39 is 12.0 Å². The maximum Gasteiger partial charge on any atom is 0.273 e. The number of hydrogen-bond acceptors (Lipinski definition) is 8. The number of primary amides is 1. The van der Waals surface area contributed by atoms with Crippen LogP contribution >= 0.6 is 11.3 Å². The zero-order valence-electron chi connectivity index (χ0n) is 19.0. The largest absolute Gasteiger partial charge is 0.492 e. The third-order valence-corrected chi connectivity index (χ3v) is 5.65. The van der Waals surface area contributed by atoms with Crippen LogP contribution in [-0.2, 0) is 0 Å². The van der Waals surface area contributed by atoms with Crippen molar-refractivity contribution < 1.29 is 24.2 Å². The van der Waals surface area contributed by atoms with Crippen LogP contribution in [0.5, 0.6) is 10.9 Å². The number of nitrogens with two attached hydrogens (primary N) is 1. The van der Waals surface area contributed by atoms with Gasteiger partial charge in [0, 0.05) is 25.2 Å². The third-order valence-electron chi connectivity index (χ3n) is 4.74. The highest BCUT2D eigenvalue weighted by Gasteiger charge is 2.12. The van der Waals surface area contributed by atoms with Crippen LogP contribution in [0.1, 0.15) is 59.1 Å². The molecule has 0 spiro atoms. The molecule has 5 N–H and O–H groups in total. The molecule has 0 aliphatic carbocycles. The number of hydrogen-bond donors (Lipinski definition) is 4. The van der Waals surface area contributed by atoms with Gasteiger partial charge in [-0.15, -0.1) is 0 Å². The number of amides is 2. The highest BCUT2D eigenvalue weighted by atomic mass is 32.1. The fourth-order valence-corrected chi connectivity index (χ4v) is 3.59. The van der Waals surface area contributed by atoms with E-state index in [0.29, 0.717) is 47.6 Å². The Bertz CT molecular complexity index is 844. The standard InChI is InChI=1S/C23H34N4O5S/c1-2-3-4-5-6-11-26-22(30)20-15-27-23(33-20)32-16-18(28)14-25-12-13-31-19-9-7-17(8-10-19)21(24)29/h7-10,15,18,25,28H,2-6,11-14,16H2,1H3,(H2,24,29)(H,26,30). The monoisotopic (exact) mass is 478 g/mol. The van der Waals surface area contributed by atoms with Gasteiger partial charge in [0.15, 0.2) is 0 Å². The molecule has 182 valence electrons. The van der Waals surface area contributed by atoms with Crippen molar-refractivity contribution in [2.45, 2.75) is 45.1 Å². The van der Waals surface area contributed by atoms with E-state index in [2.05, 4.69) is 22.5 Å². The number of ether oxygens (including phenoxy) is 2. The van der Waals surface area contributed by atoms with Gasteiger partial charge in [-0.1, -0.05) is 43.9 Å². The lowest BCUT2D eigenvalue weighted by molar-refractivity contribution is 0.0955. The van der Waals surface area contributed by atoms with Crippen molar-refractivity contribution in [1.29, 1.82) is 0 Å². The normalized spacial score (nSPS) is 11.7. The van der Waals surface area contributed by atoms with Crippen molar-refractivity contribution in [3.05, 3.63) is 40.9 Å². The van der Waals surface area contributed by atoms with Crippen LogP contribution in [0, 0.1) is 0 Å². The van der Waals surface area contributed by atoms with Gasteiger partial charge >= 0.3 is 0 Å². The summed E-state index contributed by atoms with van der Waals surface area (Å²) in [4.78, 5) is 27.8. The van der Waals surface area contributed by atoms with Crippen LogP contribution in [0.15, 0.2) is 30.5 Å². The summed E-state index contributed by atoms with van der Waals surface area (Å²) in [6, 6.07) is 6.57. The summed E-state index contributed by atoms with van der Waals surface area (Å²) in [7, 11) is 0. The Morgan fingerprint density at radius 2 is 1.88 bits per heavy atom. The van der Waals surface area contributed by atoms with Crippen LogP contribution in [0.3, 0.4) is 0 Å². The second kappa shape index (κ2) is 15.2. The molecule has 0 fully saturated rings. The van der Waals surface area contributed by atoms with Crippen molar-refractivity contribution in [3.8, 4) is 10.9 Å². The number of nitrogens with one attached hydrogen (secondary N) is 2. The second-order valence-corrected chi connectivity index (χ2v) is 8.56. The molecule has 2 aromatic rings. The molecule has 0 saturated heterocycles. The third kappa shape index (κ3) is 10.6. The molecule has 1 atom stereocenters. The summed E-state index contributed by atoms with van der Waals surface area (Å²) in [6.07, 6.45) is 6.47. The number of thiazole rings is 1. The maximum atomic E-state index is 12.1. The summed E-state index contributed by atoms with van der Waals surface area (Å²) in [5.74, 6) is -0.0000584. The number of carbonyl (C=O) groups excluding carboxylic acids is 2. The minimum atomic E-state index is -0.732. The lowest BCUT2D eigenvalue weighted by atomic mass is 10.1. The summed E-state index contributed by atoms with van der Waals surface area (Å²) in [6.45, 7) is 4.13. The molecule has 2 amide bonds. The lowest BCUT2D eigenvalue weighted by Crippen LogP contribution is -2.33.